The lowest BCUT2D eigenvalue weighted by Gasteiger charge is -2.22. The lowest BCUT2D eigenvalue weighted by molar-refractivity contribution is -0.131. The molecule has 3 amide bonds. The number of ether oxygens (including phenoxy) is 2. The van der Waals surface area contributed by atoms with E-state index in [4.69, 9.17) is 10.1 Å². The average molecular weight is 605 g/mol. The maximum absolute atomic E-state index is 13.1. The fraction of sp³-hybridized carbons (Fsp3) is 0.448. The molecule has 0 bridgehead atoms. The Kier molecular flexibility index (Phi) is 14.6. The van der Waals surface area contributed by atoms with Crippen LogP contribution in [0.2, 0.25) is 0 Å². The zero-order chi connectivity index (χ0) is 31.0. The van der Waals surface area contributed by atoms with Crippen molar-refractivity contribution in [3.8, 4) is 0 Å². The lowest BCUT2D eigenvalue weighted by Crippen LogP contribution is -2.49. The summed E-state index contributed by atoms with van der Waals surface area (Å²) in [5.74, 6) is -3.35. The highest BCUT2D eigenvalue weighted by Crippen LogP contribution is 2.12. The summed E-state index contributed by atoms with van der Waals surface area (Å²) in [5.41, 5.74) is 2.53. The molecule has 2 aromatic carbocycles. The summed E-state index contributed by atoms with van der Waals surface area (Å²) in [6.45, 7) is 1.22. The number of unbranched alkanes of at least 4 members (excludes halogenated alkanes) is 1. The third-order valence-corrected chi connectivity index (χ3v) is 7.94. The third-order valence-electron chi connectivity index (χ3n) is 6.26. The van der Waals surface area contributed by atoms with Gasteiger partial charge in [0.25, 0.3) is 0 Å². The molecule has 2 rings (SSSR count). The van der Waals surface area contributed by atoms with Gasteiger partial charge >= 0.3 is 6.09 Å². The topological polar surface area (TPSA) is 184 Å². The first kappa shape index (κ1) is 34.4. The zero-order valence-corrected chi connectivity index (χ0v) is 24.7. The van der Waals surface area contributed by atoms with Gasteiger partial charge in [-0.1, -0.05) is 54.6 Å². The second kappa shape index (κ2) is 17.9. The second-order valence-corrected chi connectivity index (χ2v) is 11.9. The Labute approximate surface area is 246 Å². The van der Waals surface area contributed by atoms with Crippen LogP contribution in [0.25, 0.3) is 0 Å². The van der Waals surface area contributed by atoms with Gasteiger partial charge < -0.3 is 35.9 Å². The summed E-state index contributed by atoms with van der Waals surface area (Å²) in [5, 5.41) is 25.5. The number of hydrogen-bond acceptors (Lipinski definition) is 9. The van der Waals surface area contributed by atoms with Crippen LogP contribution in [0.5, 0.6) is 0 Å². The Hall–Kier alpha value is -3.81. The van der Waals surface area contributed by atoms with Crippen molar-refractivity contribution in [2.75, 3.05) is 32.8 Å². The Bertz CT molecular complexity index is 1270. The smallest absolute Gasteiger partial charge is 0.409 e. The summed E-state index contributed by atoms with van der Waals surface area (Å²) in [4.78, 5) is 37.7. The molecule has 0 unspecified atom stereocenters. The van der Waals surface area contributed by atoms with Crippen molar-refractivity contribution < 1.29 is 37.4 Å². The number of sulfone groups is 1. The molecule has 2 atom stereocenters. The first-order valence-corrected chi connectivity index (χ1v) is 15.3. The van der Waals surface area contributed by atoms with Crippen molar-refractivity contribution in [2.24, 2.45) is 5.92 Å². The third kappa shape index (κ3) is 12.8. The predicted octanol–water partition coefficient (Wildman–Crippen LogP) is 1.90. The van der Waals surface area contributed by atoms with Crippen molar-refractivity contribution in [1.82, 2.24) is 16.0 Å². The highest BCUT2D eigenvalue weighted by atomic mass is 32.2. The van der Waals surface area contributed by atoms with Crippen LogP contribution in [-0.4, -0.2) is 76.0 Å². The molecular formula is C29H40N4O8S. The fourth-order valence-corrected chi connectivity index (χ4v) is 5.66. The van der Waals surface area contributed by atoms with Crippen LogP contribution in [-0.2, 0) is 41.2 Å². The number of benzene rings is 2. The molecule has 42 heavy (non-hydrogen) atoms. The summed E-state index contributed by atoms with van der Waals surface area (Å²) in [7, 11) is -2.35. The number of carbonyl (C=O) groups excluding carboxylic acids is 3. The summed E-state index contributed by atoms with van der Waals surface area (Å²) in [6.07, 6.45) is 0.465. The second-order valence-electron chi connectivity index (χ2n) is 9.78. The van der Waals surface area contributed by atoms with Crippen LogP contribution in [0.15, 0.2) is 54.6 Å². The number of nitrogens with one attached hydrogen (secondary N) is 4. The predicted molar refractivity (Wildman–Crippen MR) is 157 cm³/mol. The van der Waals surface area contributed by atoms with Crippen LogP contribution in [0.3, 0.4) is 0 Å². The minimum absolute atomic E-state index is 0.171. The number of methoxy groups -OCH3 is 1. The molecule has 0 aliphatic rings. The molecule has 5 N–H and O–H groups in total. The number of alkyl carbamates (subject to hydrolysis) is 1. The van der Waals surface area contributed by atoms with Crippen molar-refractivity contribution in [3.05, 3.63) is 71.3 Å². The normalized spacial score (nSPS) is 12.5. The Morgan fingerprint density at radius 3 is 2.26 bits per heavy atom. The number of amides is 3. The monoisotopic (exact) mass is 604 g/mol. The van der Waals surface area contributed by atoms with Crippen LogP contribution < -0.4 is 16.0 Å². The SMILES string of the molecule is COCOC(=O)NCCCC[C@H](NC(=O)[C@@H](CO)CS(=O)(=O)Cc1ccccc1)C(=O)NCc1ccc(C(C)=N)cc1. The first-order valence-electron chi connectivity index (χ1n) is 13.5. The lowest BCUT2D eigenvalue weighted by atomic mass is 10.1. The van der Waals surface area contributed by atoms with Crippen LogP contribution in [0.1, 0.15) is 42.9 Å². The minimum atomic E-state index is -3.74. The van der Waals surface area contributed by atoms with E-state index in [1.54, 1.807) is 61.5 Å². The van der Waals surface area contributed by atoms with Crippen molar-refractivity contribution in [2.45, 2.75) is 44.5 Å². The largest absolute Gasteiger partial charge is 0.422 e. The van der Waals surface area contributed by atoms with E-state index in [1.165, 1.54) is 7.11 Å². The van der Waals surface area contributed by atoms with Gasteiger partial charge in [0.2, 0.25) is 11.8 Å². The summed E-state index contributed by atoms with van der Waals surface area (Å²) in [6, 6.07) is 14.6. The van der Waals surface area contributed by atoms with Crippen molar-refractivity contribution >= 4 is 33.5 Å². The molecule has 0 aliphatic heterocycles. The zero-order valence-electron chi connectivity index (χ0n) is 23.9. The molecule has 0 aliphatic carbocycles. The van der Waals surface area contributed by atoms with Gasteiger partial charge in [-0.2, -0.15) is 0 Å². The highest BCUT2D eigenvalue weighted by Gasteiger charge is 2.29. The van der Waals surface area contributed by atoms with E-state index in [9.17, 15) is 27.9 Å². The van der Waals surface area contributed by atoms with E-state index >= 15 is 0 Å². The maximum Gasteiger partial charge on any atom is 0.409 e. The quantitative estimate of drug-likeness (QED) is 0.0970. The van der Waals surface area contributed by atoms with E-state index in [2.05, 4.69) is 20.7 Å². The molecule has 0 fully saturated rings. The molecule has 0 saturated heterocycles. The van der Waals surface area contributed by atoms with Crippen molar-refractivity contribution in [3.63, 3.8) is 0 Å². The minimum Gasteiger partial charge on any atom is -0.422 e. The van der Waals surface area contributed by atoms with E-state index in [1.807, 2.05) is 0 Å². The Morgan fingerprint density at radius 1 is 0.952 bits per heavy atom. The fourth-order valence-electron chi connectivity index (χ4n) is 3.98. The van der Waals surface area contributed by atoms with Crippen LogP contribution in [0, 0.1) is 11.3 Å². The summed E-state index contributed by atoms with van der Waals surface area (Å²) < 4.78 is 34.9. The van der Waals surface area contributed by atoms with Gasteiger partial charge in [0, 0.05) is 25.9 Å². The van der Waals surface area contributed by atoms with E-state index in [0.717, 1.165) is 11.1 Å². The molecule has 0 aromatic heterocycles. The van der Waals surface area contributed by atoms with E-state index < -0.39 is 52.1 Å². The van der Waals surface area contributed by atoms with Gasteiger partial charge in [-0.05, 0) is 42.9 Å². The molecule has 12 nitrogen and oxygen atoms in total. The molecule has 0 heterocycles. The maximum atomic E-state index is 13.1. The van der Waals surface area contributed by atoms with Gasteiger partial charge in [0.15, 0.2) is 16.6 Å². The standard InChI is InChI=1S/C29H40N4O8S/c1-21(30)24-13-11-22(12-14-24)16-32-28(36)26(10-6-7-15-31-29(37)41-20-40-2)33-27(35)25(17-34)19-42(38,39)18-23-8-4-3-5-9-23/h3-5,8-9,11-14,25-26,30,34H,6-7,10,15-20H2,1-2H3,(H,31,37)(H,32,36)(H,33,35)/t25-,26-/m0/s1. The molecule has 2 aromatic rings. The molecule has 0 radical (unpaired) electrons. The van der Waals surface area contributed by atoms with E-state index in [-0.39, 0.29) is 32.1 Å². The van der Waals surface area contributed by atoms with Crippen molar-refractivity contribution in [1.29, 1.82) is 5.41 Å². The number of hydrogen-bond donors (Lipinski definition) is 5. The molecule has 13 heteroatoms. The average Bonchev–Trinajstić information content (AvgIpc) is 2.97. The van der Waals surface area contributed by atoms with Crippen LogP contribution in [0.4, 0.5) is 4.79 Å². The summed E-state index contributed by atoms with van der Waals surface area (Å²) >= 11 is 0. The van der Waals surface area contributed by atoms with Gasteiger partial charge in [-0.25, -0.2) is 13.2 Å². The van der Waals surface area contributed by atoms with Crippen LogP contribution >= 0.6 is 0 Å². The number of carbonyl (C=O) groups is 3. The first-order chi connectivity index (χ1) is 20.0. The number of rotatable bonds is 18. The van der Waals surface area contributed by atoms with Gasteiger partial charge in [0.1, 0.15) is 6.04 Å². The molecule has 0 saturated carbocycles. The molecule has 230 valence electrons. The van der Waals surface area contributed by atoms with Gasteiger partial charge in [0.05, 0.1) is 24.0 Å². The molecular weight excluding hydrogens is 564 g/mol. The number of aliphatic hydroxyl groups excluding tert-OH is 1. The van der Waals surface area contributed by atoms with Gasteiger partial charge in [-0.3, -0.25) is 9.59 Å². The number of aliphatic hydroxyl groups is 1. The van der Waals surface area contributed by atoms with E-state index in [0.29, 0.717) is 24.1 Å². The van der Waals surface area contributed by atoms with Gasteiger partial charge in [-0.15, -0.1) is 0 Å². The Balaban J connectivity index is 2.02. The highest BCUT2D eigenvalue weighted by molar-refractivity contribution is 7.90. The molecule has 0 spiro atoms. The Morgan fingerprint density at radius 2 is 1.64 bits per heavy atom.